The molecular formula is C51H55N. The van der Waals surface area contributed by atoms with Crippen molar-refractivity contribution in [3.63, 3.8) is 0 Å². The highest BCUT2D eigenvalue weighted by Gasteiger charge is 2.36. The fourth-order valence-electron chi connectivity index (χ4n) is 7.71. The van der Waals surface area contributed by atoms with Crippen LogP contribution in [0.15, 0.2) is 133 Å². The topological polar surface area (TPSA) is 3.24 Å². The molecule has 52 heavy (non-hydrogen) atoms. The molecule has 0 amide bonds. The molecule has 0 aromatic heterocycles. The molecule has 0 heterocycles. The molecule has 0 fully saturated rings. The van der Waals surface area contributed by atoms with Gasteiger partial charge in [-0.15, -0.1) is 0 Å². The van der Waals surface area contributed by atoms with Crippen molar-refractivity contribution in [2.75, 3.05) is 4.90 Å². The third-order valence-corrected chi connectivity index (χ3v) is 11.1. The van der Waals surface area contributed by atoms with E-state index in [1.807, 2.05) is 0 Å². The molecule has 0 bridgehead atoms. The van der Waals surface area contributed by atoms with E-state index in [2.05, 4.69) is 215 Å². The van der Waals surface area contributed by atoms with Crippen molar-refractivity contribution < 1.29 is 0 Å². The highest BCUT2D eigenvalue weighted by molar-refractivity contribution is 5.87. The zero-order valence-electron chi connectivity index (χ0n) is 33.1. The van der Waals surface area contributed by atoms with Gasteiger partial charge in [0.15, 0.2) is 0 Å². The summed E-state index contributed by atoms with van der Waals surface area (Å²) in [4.78, 5) is 2.48. The van der Waals surface area contributed by atoms with Gasteiger partial charge in [0.2, 0.25) is 0 Å². The van der Waals surface area contributed by atoms with Crippen LogP contribution in [0.1, 0.15) is 104 Å². The lowest BCUT2D eigenvalue weighted by molar-refractivity contribution is 0.569. The van der Waals surface area contributed by atoms with Crippen LogP contribution in [0.2, 0.25) is 0 Å². The van der Waals surface area contributed by atoms with Crippen LogP contribution in [-0.2, 0) is 21.7 Å². The van der Waals surface area contributed by atoms with E-state index in [0.29, 0.717) is 0 Å². The van der Waals surface area contributed by atoms with Crippen LogP contribution < -0.4 is 4.90 Å². The molecule has 6 aromatic carbocycles. The van der Waals surface area contributed by atoms with Gasteiger partial charge < -0.3 is 4.90 Å². The summed E-state index contributed by atoms with van der Waals surface area (Å²) in [6, 6.07) is 50.3. The Kier molecular flexibility index (Phi) is 8.65. The first-order chi connectivity index (χ1) is 24.4. The number of hydrogen-bond donors (Lipinski definition) is 0. The lowest BCUT2D eigenvalue weighted by Gasteiger charge is -2.31. The van der Waals surface area contributed by atoms with Crippen LogP contribution in [-0.4, -0.2) is 0 Å². The Labute approximate surface area is 313 Å². The summed E-state index contributed by atoms with van der Waals surface area (Å²) in [5.41, 5.74) is 17.9. The van der Waals surface area contributed by atoms with Gasteiger partial charge in [0, 0.05) is 22.5 Å². The summed E-state index contributed by atoms with van der Waals surface area (Å²) in [5.74, 6) is 0. The first-order valence-electron chi connectivity index (χ1n) is 18.9. The smallest absolute Gasteiger partial charge is 0.0470 e. The van der Waals surface area contributed by atoms with Gasteiger partial charge in [0.25, 0.3) is 0 Å². The third-order valence-electron chi connectivity index (χ3n) is 11.1. The van der Waals surface area contributed by atoms with Gasteiger partial charge in [-0.1, -0.05) is 173 Å². The lowest BCUT2D eigenvalue weighted by Crippen LogP contribution is -2.18. The van der Waals surface area contributed by atoms with E-state index in [1.54, 1.807) is 0 Å². The Morgan fingerprint density at radius 3 is 1.44 bits per heavy atom. The largest absolute Gasteiger partial charge is 0.310 e. The Balaban J connectivity index is 1.47. The molecule has 0 saturated carbocycles. The SMILES string of the molecule is CC(C)(C)c1cc(-c2cc(C(C)(C)C)cc(C(C)(C)C)c2)cc(N(c2ccc(-c3ccccc3)cc2)c2ccc3c(c2)C(C)(C)c2ccccc2-3)c1. The van der Waals surface area contributed by atoms with E-state index < -0.39 is 0 Å². The van der Waals surface area contributed by atoms with Gasteiger partial charge in [-0.25, -0.2) is 0 Å². The van der Waals surface area contributed by atoms with E-state index in [9.17, 15) is 0 Å². The predicted molar refractivity (Wildman–Crippen MR) is 226 cm³/mol. The average Bonchev–Trinajstić information content (AvgIpc) is 3.33. The second kappa shape index (κ2) is 12.7. The maximum atomic E-state index is 2.48. The van der Waals surface area contributed by atoms with E-state index in [1.165, 1.54) is 72.6 Å². The second-order valence-corrected chi connectivity index (χ2v) is 18.5. The van der Waals surface area contributed by atoms with Gasteiger partial charge in [0.1, 0.15) is 0 Å². The molecule has 1 aliphatic rings. The highest BCUT2D eigenvalue weighted by Crippen LogP contribution is 2.51. The van der Waals surface area contributed by atoms with E-state index >= 15 is 0 Å². The fraction of sp³-hybridized carbons (Fsp3) is 0.294. The molecule has 0 radical (unpaired) electrons. The Hall–Kier alpha value is -4.88. The Morgan fingerprint density at radius 2 is 0.846 bits per heavy atom. The van der Waals surface area contributed by atoms with Crippen molar-refractivity contribution in [1.29, 1.82) is 0 Å². The molecule has 0 N–H and O–H groups in total. The minimum atomic E-state index is -0.0973. The number of anilines is 3. The van der Waals surface area contributed by atoms with Gasteiger partial charge in [-0.05, 0) is 114 Å². The summed E-state index contributed by atoms with van der Waals surface area (Å²) in [7, 11) is 0. The second-order valence-electron chi connectivity index (χ2n) is 18.5. The molecule has 6 aromatic rings. The molecule has 7 rings (SSSR count). The maximum absolute atomic E-state index is 2.48. The van der Waals surface area contributed by atoms with Crippen molar-refractivity contribution in [2.24, 2.45) is 0 Å². The van der Waals surface area contributed by atoms with Crippen LogP contribution >= 0.6 is 0 Å². The third kappa shape index (κ3) is 6.63. The van der Waals surface area contributed by atoms with Crippen LogP contribution in [0.25, 0.3) is 33.4 Å². The number of fused-ring (bicyclic) bond motifs is 3. The van der Waals surface area contributed by atoms with Crippen LogP contribution in [0.4, 0.5) is 17.1 Å². The predicted octanol–water partition coefficient (Wildman–Crippen LogP) is 14.7. The zero-order valence-corrected chi connectivity index (χ0v) is 33.1. The fourth-order valence-corrected chi connectivity index (χ4v) is 7.71. The van der Waals surface area contributed by atoms with E-state index in [-0.39, 0.29) is 21.7 Å². The minimum absolute atomic E-state index is 0.0296. The molecular weight excluding hydrogens is 627 g/mol. The average molecular weight is 682 g/mol. The number of hydrogen-bond acceptors (Lipinski definition) is 1. The molecule has 0 aliphatic heterocycles. The quantitative estimate of drug-likeness (QED) is 0.175. The number of benzene rings is 6. The molecule has 1 aliphatic carbocycles. The first kappa shape index (κ1) is 35.5. The normalized spacial score (nSPS) is 13.8. The van der Waals surface area contributed by atoms with Gasteiger partial charge >= 0.3 is 0 Å². The molecule has 0 spiro atoms. The molecule has 0 unspecified atom stereocenters. The molecule has 0 saturated heterocycles. The number of rotatable bonds is 5. The van der Waals surface area contributed by atoms with Gasteiger partial charge in [-0.2, -0.15) is 0 Å². The maximum Gasteiger partial charge on any atom is 0.0470 e. The van der Waals surface area contributed by atoms with Crippen molar-refractivity contribution in [1.82, 2.24) is 0 Å². The van der Waals surface area contributed by atoms with Crippen molar-refractivity contribution in [3.8, 4) is 33.4 Å². The Bertz CT molecular complexity index is 2220. The molecule has 1 nitrogen and oxygen atoms in total. The first-order valence-corrected chi connectivity index (χ1v) is 18.9. The lowest BCUT2D eigenvalue weighted by atomic mass is 9.78. The number of nitrogens with zero attached hydrogens (tertiary/aromatic N) is 1. The van der Waals surface area contributed by atoms with Crippen LogP contribution in [0, 0.1) is 0 Å². The van der Waals surface area contributed by atoms with E-state index in [4.69, 9.17) is 0 Å². The van der Waals surface area contributed by atoms with Crippen LogP contribution in [0.3, 0.4) is 0 Å². The summed E-state index contributed by atoms with van der Waals surface area (Å²) < 4.78 is 0. The monoisotopic (exact) mass is 681 g/mol. The zero-order chi connectivity index (χ0) is 37.2. The van der Waals surface area contributed by atoms with Gasteiger partial charge in [-0.3, -0.25) is 0 Å². The Morgan fingerprint density at radius 1 is 0.365 bits per heavy atom. The summed E-state index contributed by atoms with van der Waals surface area (Å²) in [6.07, 6.45) is 0. The van der Waals surface area contributed by atoms with Crippen molar-refractivity contribution in [2.45, 2.75) is 97.8 Å². The summed E-state index contributed by atoms with van der Waals surface area (Å²) in [5, 5.41) is 0. The minimum Gasteiger partial charge on any atom is -0.310 e. The summed E-state index contributed by atoms with van der Waals surface area (Å²) >= 11 is 0. The molecule has 0 atom stereocenters. The van der Waals surface area contributed by atoms with Crippen molar-refractivity contribution in [3.05, 3.63) is 161 Å². The molecule has 264 valence electrons. The summed E-state index contributed by atoms with van der Waals surface area (Å²) in [6.45, 7) is 25.7. The van der Waals surface area contributed by atoms with Gasteiger partial charge in [0.05, 0.1) is 0 Å². The van der Waals surface area contributed by atoms with Crippen LogP contribution in [0.5, 0.6) is 0 Å². The van der Waals surface area contributed by atoms with Crippen molar-refractivity contribution >= 4 is 17.1 Å². The van der Waals surface area contributed by atoms with E-state index in [0.717, 1.165) is 5.69 Å². The standard InChI is InChI=1S/C51H55N/c1-48(2,3)38-27-36(28-39(31-38)49(4,5)6)37-29-40(50(7,8)9)32-43(30-37)52(41-23-21-35(22-24-41)34-17-13-12-14-18-34)42-25-26-45-44-19-15-16-20-46(44)51(10,11)47(45)33-42/h12-33H,1-11H3. The highest BCUT2D eigenvalue weighted by atomic mass is 15.1. The molecule has 1 heteroatoms.